The van der Waals surface area contributed by atoms with Gasteiger partial charge in [-0.15, -0.1) is 0 Å². The summed E-state index contributed by atoms with van der Waals surface area (Å²) in [5.41, 5.74) is 0. The molecule has 0 aromatic rings. The molecule has 1 fully saturated rings. The minimum atomic E-state index is 0.808. The number of rotatable bonds is 4. The molecule has 0 amide bonds. The monoisotopic (exact) mass is 170 g/mol. The first-order chi connectivity index (χ1) is 5.86. The highest BCUT2D eigenvalue weighted by atomic mass is 14.9. The van der Waals surface area contributed by atoms with Crippen LogP contribution in [0.15, 0.2) is 0 Å². The quantitative estimate of drug-likeness (QED) is 0.666. The molecule has 0 aromatic carbocycles. The Labute approximate surface area is 76.1 Å². The molecule has 1 saturated carbocycles. The van der Waals surface area contributed by atoms with Crippen molar-refractivity contribution < 1.29 is 0 Å². The van der Waals surface area contributed by atoms with E-state index in [9.17, 15) is 0 Å². The van der Waals surface area contributed by atoms with E-state index >= 15 is 0 Å². The summed E-state index contributed by atoms with van der Waals surface area (Å²) >= 11 is 0. The maximum Gasteiger partial charge on any atom is 0.00671 e. The van der Waals surface area contributed by atoms with Crippen molar-refractivity contribution in [2.75, 3.05) is 20.1 Å². The summed E-state index contributed by atoms with van der Waals surface area (Å²) in [4.78, 5) is 0. The van der Waals surface area contributed by atoms with Gasteiger partial charge in [-0.25, -0.2) is 0 Å². The third kappa shape index (κ3) is 3.11. The van der Waals surface area contributed by atoms with E-state index in [-0.39, 0.29) is 0 Å². The third-order valence-electron chi connectivity index (χ3n) is 2.83. The van der Waals surface area contributed by atoms with Crippen LogP contribution in [-0.4, -0.2) is 26.2 Å². The van der Waals surface area contributed by atoms with E-state index in [0.717, 1.165) is 18.5 Å². The van der Waals surface area contributed by atoms with Crippen molar-refractivity contribution in [1.82, 2.24) is 10.6 Å². The van der Waals surface area contributed by atoms with Gasteiger partial charge >= 0.3 is 0 Å². The number of nitrogens with one attached hydrogen (secondary N) is 2. The highest BCUT2D eigenvalue weighted by Crippen LogP contribution is 2.23. The van der Waals surface area contributed by atoms with Crippen LogP contribution >= 0.6 is 0 Å². The van der Waals surface area contributed by atoms with Crippen LogP contribution in [0.4, 0.5) is 0 Å². The summed E-state index contributed by atoms with van der Waals surface area (Å²) in [5, 5.41) is 6.79. The number of hydrogen-bond donors (Lipinski definition) is 2. The first-order valence-electron chi connectivity index (χ1n) is 5.24. The van der Waals surface area contributed by atoms with E-state index in [1.165, 1.54) is 32.2 Å². The second kappa shape index (κ2) is 5.55. The zero-order chi connectivity index (χ0) is 8.81. The van der Waals surface area contributed by atoms with Gasteiger partial charge in [-0.3, -0.25) is 0 Å². The third-order valence-corrected chi connectivity index (χ3v) is 2.83. The number of hydrogen-bond acceptors (Lipinski definition) is 2. The maximum absolute atomic E-state index is 3.53. The molecule has 0 aromatic heterocycles. The topological polar surface area (TPSA) is 24.1 Å². The lowest BCUT2D eigenvalue weighted by Gasteiger charge is -2.28. The minimum Gasteiger partial charge on any atom is -0.319 e. The van der Waals surface area contributed by atoms with Crippen molar-refractivity contribution in [3.8, 4) is 0 Å². The molecule has 72 valence electrons. The van der Waals surface area contributed by atoms with Crippen LogP contribution in [0.2, 0.25) is 0 Å². The molecule has 0 bridgehead atoms. The van der Waals surface area contributed by atoms with Crippen molar-refractivity contribution in [2.45, 2.75) is 38.6 Å². The summed E-state index contributed by atoms with van der Waals surface area (Å²) < 4.78 is 0. The normalized spacial score (nSPS) is 30.5. The molecule has 0 aliphatic heterocycles. The molecule has 2 heteroatoms. The molecule has 0 heterocycles. The van der Waals surface area contributed by atoms with Gasteiger partial charge in [0, 0.05) is 6.04 Å². The van der Waals surface area contributed by atoms with Gasteiger partial charge in [0.2, 0.25) is 0 Å². The Morgan fingerprint density at radius 1 is 1.17 bits per heavy atom. The average Bonchev–Trinajstić information content (AvgIpc) is 2.09. The van der Waals surface area contributed by atoms with Gasteiger partial charge in [-0.1, -0.05) is 6.92 Å². The molecule has 1 aliphatic rings. The Kier molecular flexibility index (Phi) is 4.62. The van der Waals surface area contributed by atoms with E-state index in [0.29, 0.717) is 0 Å². The van der Waals surface area contributed by atoms with Crippen LogP contribution in [0.3, 0.4) is 0 Å². The van der Waals surface area contributed by atoms with Gasteiger partial charge in [-0.05, 0) is 51.7 Å². The predicted molar refractivity (Wildman–Crippen MR) is 53.3 cm³/mol. The van der Waals surface area contributed by atoms with Gasteiger partial charge in [0.25, 0.3) is 0 Å². The molecule has 0 unspecified atom stereocenters. The molecule has 12 heavy (non-hydrogen) atoms. The standard InChI is InChI=1S/C10H22N2/c1-3-12-10-6-4-9(5-7-10)8-11-2/h9-12H,3-8H2,1-2H3. The van der Waals surface area contributed by atoms with E-state index < -0.39 is 0 Å². The minimum absolute atomic E-state index is 0.808. The zero-order valence-electron chi connectivity index (χ0n) is 8.40. The molecular weight excluding hydrogens is 148 g/mol. The maximum atomic E-state index is 3.53. The Morgan fingerprint density at radius 2 is 1.83 bits per heavy atom. The van der Waals surface area contributed by atoms with Crippen molar-refractivity contribution >= 4 is 0 Å². The molecule has 0 atom stereocenters. The van der Waals surface area contributed by atoms with Crippen molar-refractivity contribution in [2.24, 2.45) is 5.92 Å². The van der Waals surface area contributed by atoms with E-state index in [1.807, 2.05) is 0 Å². The smallest absolute Gasteiger partial charge is 0.00671 e. The summed E-state index contributed by atoms with van der Waals surface area (Å²) in [6, 6.07) is 0.808. The predicted octanol–water partition coefficient (Wildman–Crippen LogP) is 1.37. The molecule has 2 nitrogen and oxygen atoms in total. The molecule has 1 aliphatic carbocycles. The molecule has 2 N–H and O–H groups in total. The average molecular weight is 170 g/mol. The van der Waals surface area contributed by atoms with Gasteiger partial charge in [-0.2, -0.15) is 0 Å². The molecule has 0 saturated heterocycles. The van der Waals surface area contributed by atoms with Crippen LogP contribution < -0.4 is 10.6 Å². The van der Waals surface area contributed by atoms with Gasteiger partial charge in [0.1, 0.15) is 0 Å². The Morgan fingerprint density at radius 3 is 2.33 bits per heavy atom. The SMILES string of the molecule is CCNC1CCC(CNC)CC1. The van der Waals surface area contributed by atoms with Gasteiger partial charge in [0.05, 0.1) is 0 Å². The van der Waals surface area contributed by atoms with Crippen molar-refractivity contribution in [3.05, 3.63) is 0 Å². The Bertz CT molecular complexity index is 92.4. The van der Waals surface area contributed by atoms with Gasteiger partial charge in [0.15, 0.2) is 0 Å². The van der Waals surface area contributed by atoms with Crippen LogP contribution in [-0.2, 0) is 0 Å². The lowest BCUT2D eigenvalue weighted by atomic mass is 9.86. The van der Waals surface area contributed by atoms with Crippen LogP contribution in [0.25, 0.3) is 0 Å². The molecule has 0 radical (unpaired) electrons. The first kappa shape index (κ1) is 10.0. The van der Waals surface area contributed by atoms with Gasteiger partial charge < -0.3 is 10.6 Å². The lowest BCUT2D eigenvalue weighted by molar-refractivity contribution is 0.291. The largest absolute Gasteiger partial charge is 0.319 e. The highest BCUT2D eigenvalue weighted by molar-refractivity contribution is 4.77. The fourth-order valence-electron chi connectivity index (χ4n) is 2.15. The van der Waals surface area contributed by atoms with Crippen molar-refractivity contribution in [3.63, 3.8) is 0 Å². The Balaban J connectivity index is 2.11. The highest BCUT2D eigenvalue weighted by Gasteiger charge is 2.19. The second-order valence-corrected chi connectivity index (χ2v) is 3.83. The first-order valence-corrected chi connectivity index (χ1v) is 5.24. The summed E-state index contributed by atoms with van der Waals surface area (Å²) in [7, 11) is 2.05. The van der Waals surface area contributed by atoms with Crippen LogP contribution in [0.1, 0.15) is 32.6 Å². The van der Waals surface area contributed by atoms with Crippen LogP contribution in [0, 0.1) is 5.92 Å². The second-order valence-electron chi connectivity index (χ2n) is 3.83. The van der Waals surface area contributed by atoms with E-state index in [2.05, 4.69) is 24.6 Å². The zero-order valence-corrected chi connectivity index (χ0v) is 8.40. The van der Waals surface area contributed by atoms with Crippen LogP contribution in [0.5, 0.6) is 0 Å². The molecule has 1 rings (SSSR count). The molecular formula is C10H22N2. The molecule has 0 spiro atoms. The lowest BCUT2D eigenvalue weighted by Crippen LogP contribution is -2.34. The fourth-order valence-corrected chi connectivity index (χ4v) is 2.15. The summed E-state index contributed by atoms with van der Waals surface area (Å²) in [6.07, 6.45) is 5.55. The van der Waals surface area contributed by atoms with E-state index in [1.54, 1.807) is 0 Å². The summed E-state index contributed by atoms with van der Waals surface area (Å²) in [6.45, 7) is 4.53. The fraction of sp³-hybridized carbons (Fsp3) is 1.00. The Hall–Kier alpha value is -0.0800. The van der Waals surface area contributed by atoms with E-state index in [4.69, 9.17) is 0 Å². The van der Waals surface area contributed by atoms with Crippen molar-refractivity contribution in [1.29, 1.82) is 0 Å². The summed E-state index contributed by atoms with van der Waals surface area (Å²) in [5.74, 6) is 0.935.